The summed E-state index contributed by atoms with van der Waals surface area (Å²) in [6, 6.07) is 3.03. The molecule has 18 heavy (non-hydrogen) atoms. The van der Waals surface area contributed by atoms with Gasteiger partial charge < -0.3 is 15.2 Å². The van der Waals surface area contributed by atoms with Crippen LogP contribution in [-0.2, 0) is 10.9 Å². The Kier molecular flexibility index (Phi) is 5.43. The van der Waals surface area contributed by atoms with Gasteiger partial charge in [0.1, 0.15) is 0 Å². The zero-order chi connectivity index (χ0) is 13.8. The molecule has 0 heterocycles. The predicted octanol–water partition coefficient (Wildman–Crippen LogP) is 2.89. The van der Waals surface area contributed by atoms with Crippen LogP contribution >= 0.6 is 15.9 Å². The fraction of sp³-hybridized carbons (Fsp3) is 0.455. The van der Waals surface area contributed by atoms with E-state index in [1.54, 1.807) is 0 Å². The van der Waals surface area contributed by atoms with E-state index in [0.717, 1.165) is 6.07 Å². The number of alkyl halides is 3. The third-order valence-corrected chi connectivity index (χ3v) is 2.73. The van der Waals surface area contributed by atoms with Crippen molar-refractivity contribution >= 4 is 21.6 Å². The molecule has 0 radical (unpaired) electrons. The van der Waals surface area contributed by atoms with Crippen molar-refractivity contribution in [1.29, 1.82) is 0 Å². The highest BCUT2D eigenvalue weighted by molar-refractivity contribution is 9.10. The van der Waals surface area contributed by atoms with Gasteiger partial charge in [-0.1, -0.05) is 15.9 Å². The van der Waals surface area contributed by atoms with E-state index in [1.165, 1.54) is 19.2 Å². The average molecular weight is 328 g/mol. The minimum atomic E-state index is -4.45. The van der Waals surface area contributed by atoms with Gasteiger partial charge in [0.15, 0.2) is 0 Å². The van der Waals surface area contributed by atoms with Gasteiger partial charge in [-0.2, -0.15) is 13.2 Å². The first kappa shape index (κ1) is 15.3. The molecule has 0 bridgehead atoms. The van der Waals surface area contributed by atoms with E-state index in [4.69, 9.17) is 9.84 Å². The summed E-state index contributed by atoms with van der Waals surface area (Å²) in [6.07, 6.45) is -4.45. The number of aliphatic hydroxyl groups excluding tert-OH is 1. The Morgan fingerprint density at radius 2 is 2.11 bits per heavy atom. The summed E-state index contributed by atoms with van der Waals surface area (Å²) in [5.74, 6) is 0. The van der Waals surface area contributed by atoms with Crippen molar-refractivity contribution in [2.24, 2.45) is 0 Å². The second-order valence-corrected chi connectivity index (χ2v) is 4.58. The number of hydrogen-bond donors (Lipinski definition) is 2. The summed E-state index contributed by atoms with van der Waals surface area (Å²) in [4.78, 5) is 0. The number of ether oxygens (including phenoxy) is 1. The number of hydrogen-bond acceptors (Lipinski definition) is 3. The molecule has 3 nitrogen and oxygen atoms in total. The average Bonchev–Trinajstić information content (AvgIpc) is 2.26. The Morgan fingerprint density at radius 1 is 1.44 bits per heavy atom. The monoisotopic (exact) mass is 327 g/mol. The van der Waals surface area contributed by atoms with E-state index in [0.29, 0.717) is 4.47 Å². The molecule has 0 spiro atoms. The Bertz CT molecular complexity index is 398. The molecule has 0 aromatic heterocycles. The fourth-order valence-electron chi connectivity index (χ4n) is 1.44. The Labute approximate surface area is 111 Å². The zero-order valence-corrected chi connectivity index (χ0v) is 11.2. The van der Waals surface area contributed by atoms with E-state index < -0.39 is 17.8 Å². The van der Waals surface area contributed by atoms with Gasteiger partial charge in [-0.05, 0) is 18.2 Å². The maximum atomic E-state index is 12.8. The summed E-state index contributed by atoms with van der Waals surface area (Å²) >= 11 is 3.11. The lowest BCUT2D eigenvalue weighted by Crippen LogP contribution is -2.29. The van der Waals surface area contributed by atoms with Gasteiger partial charge in [0.25, 0.3) is 0 Å². The number of methoxy groups -OCH3 is 1. The Hall–Kier alpha value is -0.790. The van der Waals surface area contributed by atoms with Gasteiger partial charge in [-0.25, -0.2) is 0 Å². The fourth-order valence-corrected chi connectivity index (χ4v) is 1.81. The topological polar surface area (TPSA) is 41.5 Å². The summed E-state index contributed by atoms with van der Waals surface area (Å²) in [5, 5.41) is 11.7. The maximum absolute atomic E-state index is 12.8. The van der Waals surface area contributed by atoms with Crippen molar-refractivity contribution in [3.63, 3.8) is 0 Å². The highest BCUT2D eigenvalue weighted by atomic mass is 79.9. The molecule has 0 aliphatic heterocycles. The van der Waals surface area contributed by atoms with Crippen LogP contribution in [0.15, 0.2) is 22.7 Å². The van der Waals surface area contributed by atoms with Crippen LogP contribution in [0.4, 0.5) is 18.9 Å². The highest BCUT2D eigenvalue weighted by Gasteiger charge is 2.33. The van der Waals surface area contributed by atoms with Gasteiger partial charge >= 0.3 is 6.18 Å². The normalized spacial score (nSPS) is 13.4. The van der Waals surface area contributed by atoms with E-state index in [9.17, 15) is 13.2 Å². The van der Waals surface area contributed by atoms with Crippen molar-refractivity contribution in [2.75, 3.05) is 25.6 Å². The van der Waals surface area contributed by atoms with Crippen LogP contribution in [-0.4, -0.2) is 31.5 Å². The number of aliphatic hydroxyl groups is 1. The van der Waals surface area contributed by atoms with E-state index in [-0.39, 0.29) is 18.9 Å². The number of nitrogens with one attached hydrogen (secondary N) is 1. The third-order valence-electron chi connectivity index (χ3n) is 2.23. The molecule has 0 saturated heterocycles. The maximum Gasteiger partial charge on any atom is 0.418 e. The second-order valence-electron chi connectivity index (χ2n) is 3.67. The molecule has 7 heteroatoms. The predicted molar refractivity (Wildman–Crippen MR) is 65.5 cm³/mol. The molecule has 1 aromatic rings. The summed E-state index contributed by atoms with van der Waals surface area (Å²) in [5.41, 5.74) is -0.867. The van der Waals surface area contributed by atoms with Crippen LogP contribution in [0.2, 0.25) is 0 Å². The molecule has 1 unspecified atom stereocenters. The molecule has 0 fully saturated rings. The molecule has 1 rings (SSSR count). The molecule has 0 saturated carbocycles. The van der Waals surface area contributed by atoms with Crippen molar-refractivity contribution in [2.45, 2.75) is 12.2 Å². The Balaban J connectivity index is 3.02. The Morgan fingerprint density at radius 3 is 2.61 bits per heavy atom. The number of halogens is 4. The standard InChI is InChI=1S/C11H13BrF3NO2/c1-18-6-8(5-17)16-10-4-7(12)2-3-9(10)11(13,14)15/h2-4,8,16-17H,5-6H2,1H3. The molecule has 0 amide bonds. The van der Waals surface area contributed by atoms with Crippen LogP contribution < -0.4 is 5.32 Å². The second kappa shape index (κ2) is 6.40. The molecule has 1 atom stereocenters. The number of rotatable bonds is 5. The van der Waals surface area contributed by atoms with Crippen molar-refractivity contribution < 1.29 is 23.0 Å². The molecule has 2 N–H and O–H groups in total. The molecule has 0 aliphatic carbocycles. The van der Waals surface area contributed by atoms with E-state index in [1.807, 2.05) is 0 Å². The van der Waals surface area contributed by atoms with Crippen LogP contribution in [0, 0.1) is 0 Å². The van der Waals surface area contributed by atoms with Gasteiger partial charge in [-0.3, -0.25) is 0 Å². The van der Waals surface area contributed by atoms with Crippen LogP contribution in [0.3, 0.4) is 0 Å². The largest absolute Gasteiger partial charge is 0.418 e. The first-order valence-electron chi connectivity index (χ1n) is 5.11. The minimum Gasteiger partial charge on any atom is -0.394 e. The van der Waals surface area contributed by atoms with Gasteiger partial charge in [0.2, 0.25) is 0 Å². The minimum absolute atomic E-state index is 0.0898. The summed E-state index contributed by atoms with van der Waals surface area (Å²) < 4.78 is 43.6. The zero-order valence-electron chi connectivity index (χ0n) is 9.59. The van der Waals surface area contributed by atoms with Gasteiger partial charge in [0, 0.05) is 17.3 Å². The van der Waals surface area contributed by atoms with Crippen LogP contribution in [0.1, 0.15) is 5.56 Å². The third kappa shape index (κ3) is 4.15. The number of anilines is 1. The van der Waals surface area contributed by atoms with Gasteiger partial charge in [-0.15, -0.1) is 0 Å². The smallest absolute Gasteiger partial charge is 0.394 e. The first-order chi connectivity index (χ1) is 8.38. The van der Waals surface area contributed by atoms with Crippen molar-refractivity contribution in [1.82, 2.24) is 0 Å². The highest BCUT2D eigenvalue weighted by Crippen LogP contribution is 2.36. The van der Waals surface area contributed by atoms with Crippen LogP contribution in [0.25, 0.3) is 0 Å². The van der Waals surface area contributed by atoms with Crippen molar-refractivity contribution in [3.8, 4) is 0 Å². The van der Waals surface area contributed by atoms with Crippen molar-refractivity contribution in [3.05, 3.63) is 28.2 Å². The molecule has 102 valence electrons. The lowest BCUT2D eigenvalue weighted by molar-refractivity contribution is -0.137. The molecule has 1 aromatic carbocycles. The first-order valence-corrected chi connectivity index (χ1v) is 5.91. The molecular weight excluding hydrogens is 315 g/mol. The summed E-state index contributed by atoms with van der Waals surface area (Å²) in [6.45, 7) is -0.210. The lowest BCUT2D eigenvalue weighted by Gasteiger charge is -2.20. The SMILES string of the molecule is COCC(CO)Nc1cc(Br)ccc1C(F)(F)F. The van der Waals surface area contributed by atoms with Gasteiger partial charge in [0.05, 0.1) is 24.8 Å². The quantitative estimate of drug-likeness (QED) is 0.873. The number of benzene rings is 1. The van der Waals surface area contributed by atoms with E-state index in [2.05, 4.69) is 21.2 Å². The molecular formula is C11H13BrF3NO2. The van der Waals surface area contributed by atoms with Crippen LogP contribution in [0.5, 0.6) is 0 Å². The summed E-state index contributed by atoms with van der Waals surface area (Å²) in [7, 11) is 1.41. The lowest BCUT2D eigenvalue weighted by atomic mass is 10.1. The molecule has 0 aliphatic rings. The van der Waals surface area contributed by atoms with E-state index >= 15 is 0 Å².